The number of carboxylic acids is 1. The Hall–Kier alpha value is -2.40. The molecule has 1 amide bonds. The highest BCUT2D eigenvalue weighted by Gasteiger charge is 2.22. The molecular formula is C15H13ClN2O3. The van der Waals surface area contributed by atoms with Crippen molar-refractivity contribution in [2.75, 3.05) is 0 Å². The summed E-state index contributed by atoms with van der Waals surface area (Å²) in [6.45, 7) is 0. The molecule has 108 valence electrons. The van der Waals surface area contributed by atoms with Gasteiger partial charge in [-0.15, -0.1) is 0 Å². The summed E-state index contributed by atoms with van der Waals surface area (Å²) in [7, 11) is 0. The van der Waals surface area contributed by atoms with E-state index < -0.39 is 17.9 Å². The van der Waals surface area contributed by atoms with Crippen molar-refractivity contribution in [1.82, 2.24) is 10.3 Å². The zero-order valence-corrected chi connectivity index (χ0v) is 11.7. The molecule has 1 aromatic heterocycles. The zero-order valence-electron chi connectivity index (χ0n) is 11.0. The van der Waals surface area contributed by atoms with E-state index in [0.29, 0.717) is 0 Å². The van der Waals surface area contributed by atoms with Gasteiger partial charge in [0.1, 0.15) is 11.2 Å². The standard InChI is InChI=1S/C15H13ClN2O3/c16-13-11(7-4-8-17-13)14(19)18-12(15(20)21)9-10-5-2-1-3-6-10/h1-8,12H,9H2,(H,18,19)(H,20,21)/t12-/m1/s1. The number of hydrogen-bond acceptors (Lipinski definition) is 3. The van der Waals surface area contributed by atoms with Crippen LogP contribution < -0.4 is 5.32 Å². The van der Waals surface area contributed by atoms with Crippen LogP contribution in [0.2, 0.25) is 5.15 Å². The maximum absolute atomic E-state index is 12.1. The molecule has 0 unspecified atom stereocenters. The maximum Gasteiger partial charge on any atom is 0.326 e. The van der Waals surface area contributed by atoms with Gasteiger partial charge in [0.2, 0.25) is 0 Å². The number of carbonyl (C=O) groups is 2. The summed E-state index contributed by atoms with van der Waals surface area (Å²) in [5.41, 5.74) is 0.973. The fourth-order valence-corrected chi connectivity index (χ4v) is 2.05. The van der Waals surface area contributed by atoms with Gasteiger partial charge in [-0.25, -0.2) is 9.78 Å². The fraction of sp³-hybridized carbons (Fsp3) is 0.133. The van der Waals surface area contributed by atoms with Gasteiger partial charge in [-0.3, -0.25) is 4.79 Å². The molecule has 2 N–H and O–H groups in total. The van der Waals surface area contributed by atoms with Crippen LogP contribution >= 0.6 is 11.6 Å². The van der Waals surface area contributed by atoms with Crippen LogP contribution in [0.1, 0.15) is 15.9 Å². The number of aromatic nitrogens is 1. The first-order valence-corrected chi connectivity index (χ1v) is 6.64. The molecule has 21 heavy (non-hydrogen) atoms. The van der Waals surface area contributed by atoms with Gasteiger partial charge in [-0.05, 0) is 17.7 Å². The molecule has 0 fully saturated rings. The molecule has 5 nitrogen and oxygen atoms in total. The molecule has 0 aliphatic heterocycles. The minimum absolute atomic E-state index is 0.0406. The van der Waals surface area contributed by atoms with Crippen molar-refractivity contribution in [2.24, 2.45) is 0 Å². The highest BCUT2D eigenvalue weighted by atomic mass is 35.5. The lowest BCUT2D eigenvalue weighted by Crippen LogP contribution is -2.42. The third kappa shape index (κ3) is 4.03. The number of nitrogens with one attached hydrogen (secondary N) is 1. The molecule has 2 aromatic rings. The zero-order chi connectivity index (χ0) is 15.2. The quantitative estimate of drug-likeness (QED) is 0.830. The minimum atomic E-state index is -1.10. The third-order valence-corrected chi connectivity index (χ3v) is 3.19. The number of halogens is 1. The fourth-order valence-electron chi connectivity index (χ4n) is 1.84. The number of pyridine rings is 1. The van der Waals surface area contributed by atoms with Crippen LogP contribution in [0, 0.1) is 0 Å². The first kappa shape index (κ1) is 15.0. The largest absolute Gasteiger partial charge is 0.480 e. The van der Waals surface area contributed by atoms with Crippen molar-refractivity contribution in [2.45, 2.75) is 12.5 Å². The van der Waals surface area contributed by atoms with Crippen molar-refractivity contribution in [1.29, 1.82) is 0 Å². The molecule has 1 heterocycles. The number of rotatable bonds is 5. The van der Waals surface area contributed by atoms with Crippen molar-refractivity contribution < 1.29 is 14.7 Å². The summed E-state index contributed by atoms with van der Waals surface area (Å²) in [4.78, 5) is 27.2. The topological polar surface area (TPSA) is 79.3 Å². The normalized spacial score (nSPS) is 11.7. The molecule has 0 bridgehead atoms. The molecule has 2 rings (SSSR count). The number of hydrogen-bond donors (Lipinski definition) is 2. The van der Waals surface area contributed by atoms with Gasteiger partial charge in [0.25, 0.3) is 5.91 Å². The van der Waals surface area contributed by atoms with Crippen molar-refractivity contribution in [3.8, 4) is 0 Å². The summed E-state index contributed by atoms with van der Waals surface area (Å²) in [6.07, 6.45) is 1.65. The minimum Gasteiger partial charge on any atom is -0.480 e. The van der Waals surface area contributed by atoms with E-state index in [1.165, 1.54) is 12.3 Å². The van der Waals surface area contributed by atoms with Gasteiger partial charge in [0.05, 0.1) is 5.56 Å². The van der Waals surface area contributed by atoms with Gasteiger partial charge < -0.3 is 10.4 Å². The van der Waals surface area contributed by atoms with Crippen molar-refractivity contribution in [3.63, 3.8) is 0 Å². The van der Waals surface area contributed by atoms with E-state index in [2.05, 4.69) is 10.3 Å². The van der Waals surface area contributed by atoms with Crippen LogP contribution in [0.5, 0.6) is 0 Å². The Morgan fingerprint density at radius 1 is 1.19 bits per heavy atom. The lowest BCUT2D eigenvalue weighted by Gasteiger charge is -2.15. The third-order valence-electron chi connectivity index (χ3n) is 2.89. The van der Waals surface area contributed by atoms with Crippen LogP contribution in [0.4, 0.5) is 0 Å². The maximum atomic E-state index is 12.1. The Labute approximate surface area is 126 Å². The molecule has 0 saturated heterocycles. The van der Waals surface area contributed by atoms with Gasteiger partial charge in [0, 0.05) is 12.6 Å². The second-order valence-corrected chi connectivity index (χ2v) is 4.75. The Morgan fingerprint density at radius 3 is 2.52 bits per heavy atom. The van der Waals surface area contributed by atoms with Crippen LogP contribution in [0.3, 0.4) is 0 Å². The van der Waals surface area contributed by atoms with Crippen molar-refractivity contribution in [3.05, 3.63) is 64.9 Å². The van der Waals surface area contributed by atoms with E-state index in [-0.39, 0.29) is 17.1 Å². The van der Waals surface area contributed by atoms with E-state index in [9.17, 15) is 14.7 Å². The number of aliphatic carboxylic acids is 1. The smallest absolute Gasteiger partial charge is 0.326 e. The molecule has 0 spiro atoms. The highest BCUT2D eigenvalue weighted by Crippen LogP contribution is 2.12. The Balaban J connectivity index is 2.12. The summed E-state index contributed by atoms with van der Waals surface area (Å²) >= 11 is 5.82. The van der Waals surface area contributed by atoms with E-state index in [4.69, 9.17) is 11.6 Å². The Kier molecular flexibility index (Phi) is 4.90. The van der Waals surface area contributed by atoms with Gasteiger partial charge in [0.15, 0.2) is 0 Å². The summed E-state index contributed by atoms with van der Waals surface area (Å²) in [5.74, 6) is -1.66. The Bertz CT molecular complexity index is 646. The monoisotopic (exact) mass is 304 g/mol. The summed E-state index contributed by atoms with van der Waals surface area (Å²) in [6, 6.07) is 11.1. The lowest BCUT2D eigenvalue weighted by molar-refractivity contribution is -0.139. The van der Waals surface area contributed by atoms with Gasteiger partial charge >= 0.3 is 5.97 Å². The molecule has 0 aliphatic rings. The molecule has 1 atom stereocenters. The summed E-state index contributed by atoms with van der Waals surface area (Å²) < 4.78 is 0. The Morgan fingerprint density at radius 2 is 1.90 bits per heavy atom. The van der Waals surface area contributed by atoms with E-state index in [1.807, 2.05) is 18.2 Å². The predicted octanol–water partition coefficient (Wildman–Crippen LogP) is 2.16. The van der Waals surface area contributed by atoms with Gasteiger partial charge in [-0.2, -0.15) is 0 Å². The second kappa shape index (κ2) is 6.85. The number of nitrogens with zero attached hydrogens (tertiary/aromatic N) is 1. The highest BCUT2D eigenvalue weighted by molar-refractivity contribution is 6.32. The number of benzene rings is 1. The van der Waals surface area contributed by atoms with Crippen LogP contribution in [-0.4, -0.2) is 28.0 Å². The first-order valence-electron chi connectivity index (χ1n) is 6.26. The molecule has 0 saturated carbocycles. The predicted molar refractivity (Wildman–Crippen MR) is 78.3 cm³/mol. The second-order valence-electron chi connectivity index (χ2n) is 4.40. The molecule has 6 heteroatoms. The van der Waals surface area contributed by atoms with Crippen LogP contribution in [0.15, 0.2) is 48.7 Å². The van der Waals surface area contributed by atoms with E-state index in [0.717, 1.165) is 5.56 Å². The number of amides is 1. The first-order chi connectivity index (χ1) is 10.1. The van der Waals surface area contributed by atoms with E-state index >= 15 is 0 Å². The molecule has 0 aliphatic carbocycles. The van der Waals surface area contributed by atoms with Crippen LogP contribution in [0.25, 0.3) is 0 Å². The average Bonchev–Trinajstić information content (AvgIpc) is 2.48. The summed E-state index contributed by atoms with van der Waals surface area (Å²) in [5, 5.41) is 11.7. The van der Waals surface area contributed by atoms with Crippen LogP contribution in [-0.2, 0) is 11.2 Å². The molecular weight excluding hydrogens is 292 g/mol. The SMILES string of the molecule is O=C(N[C@H](Cc1ccccc1)C(=O)O)c1cccnc1Cl. The average molecular weight is 305 g/mol. The number of carboxylic acid groups (broad SMARTS) is 1. The van der Waals surface area contributed by atoms with Crippen molar-refractivity contribution >= 4 is 23.5 Å². The van der Waals surface area contributed by atoms with Gasteiger partial charge in [-0.1, -0.05) is 41.9 Å². The molecule has 1 aromatic carbocycles. The van der Waals surface area contributed by atoms with E-state index in [1.54, 1.807) is 18.2 Å². The molecule has 0 radical (unpaired) electrons. The number of carbonyl (C=O) groups excluding carboxylic acids is 1. The lowest BCUT2D eigenvalue weighted by atomic mass is 10.1.